The van der Waals surface area contributed by atoms with Gasteiger partial charge < -0.3 is 4.90 Å². The summed E-state index contributed by atoms with van der Waals surface area (Å²) in [6, 6.07) is 2.13. The normalized spacial score (nSPS) is 11.2. The predicted octanol–water partition coefficient (Wildman–Crippen LogP) is 2.31. The summed E-state index contributed by atoms with van der Waals surface area (Å²) in [6.45, 7) is 3.59. The van der Waals surface area contributed by atoms with E-state index in [9.17, 15) is 23.3 Å². The van der Waals surface area contributed by atoms with Crippen LogP contribution in [0.2, 0.25) is 0 Å². The molecule has 0 saturated heterocycles. The van der Waals surface area contributed by atoms with Gasteiger partial charge in [0.05, 0.1) is 9.82 Å². The fraction of sp³-hybridized carbons (Fsp3) is 0.417. The molecule has 0 atom stereocenters. The summed E-state index contributed by atoms with van der Waals surface area (Å²) >= 11 is 0. The highest BCUT2D eigenvalue weighted by molar-refractivity contribution is 8.13. The van der Waals surface area contributed by atoms with Gasteiger partial charge in [-0.1, -0.05) is 6.92 Å². The Morgan fingerprint density at radius 2 is 2.00 bits per heavy atom. The number of halogens is 1. The Morgan fingerprint density at radius 3 is 2.43 bits per heavy atom. The van der Waals surface area contributed by atoms with E-state index in [1.807, 2.05) is 6.92 Å². The molecule has 0 unspecified atom stereocenters. The standard InChI is InChI=1S/C12H15ClN2O5S/c1-4-5-14(3)12(16)9-6-10(15(17)18)8(2)11(7-9)21(13,19)20/h6-7H,4-5H2,1-3H3. The number of nitro benzene ring substituents is 1. The molecule has 0 N–H and O–H groups in total. The summed E-state index contributed by atoms with van der Waals surface area (Å²) in [5, 5.41) is 11.0. The second-order valence-corrected chi connectivity index (χ2v) is 7.07. The third-order valence-electron chi connectivity index (χ3n) is 2.94. The molecular weight excluding hydrogens is 320 g/mol. The van der Waals surface area contributed by atoms with E-state index in [0.29, 0.717) is 13.0 Å². The van der Waals surface area contributed by atoms with Crippen molar-refractivity contribution in [2.75, 3.05) is 13.6 Å². The molecule has 0 aliphatic heterocycles. The Bertz CT molecular complexity index is 687. The van der Waals surface area contributed by atoms with E-state index in [0.717, 1.165) is 12.1 Å². The lowest BCUT2D eigenvalue weighted by Crippen LogP contribution is -2.27. The van der Waals surface area contributed by atoms with Crippen molar-refractivity contribution in [3.8, 4) is 0 Å². The number of rotatable bonds is 5. The van der Waals surface area contributed by atoms with Crippen LogP contribution in [-0.2, 0) is 9.05 Å². The first-order valence-electron chi connectivity index (χ1n) is 6.08. The van der Waals surface area contributed by atoms with Crippen molar-refractivity contribution in [1.29, 1.82) is 0 Å². The van der Waals surface area contributed by atoms with Crippen molar-refractivity contribution in [3.05, 3.63) is 33.4 Å². The van der Waals surface area contributed by atoms with E-state index < -0.39 is 30.5 Å². The summed E-state index contributed by atoms with van der Waals surface area (Å²) in [5.74, 6) is -0.499. The number of amides is 1. The van der Waals surface area contributed by atoms with E-state index in [-0.39, 0.29) is 11.1 Å². The van der Waals surface area contributed by atoms with E-state index in [1.165, 1.54) is 18.9 Å². The quantitative estimate of drug-likeness (QED) is 0.467. The summed E-state index contributed by atoms with van der Waals surface area (Å²) in [7, 11) is 2.63. The molecule has 1 aromatic rings. The zero-order valence-corrected chi connectivity index (χ0v) is 13.4. The van der Waals surface area contributed by atoms with E-state index >= 15 is 0 Å². The van der Waals surface area contributed by atoms with Crippen LogP contribution in [-0.4, -0.2) is 37.7 Å². The van der Waals surface area contributed by atoms with Crippen LogP contribution < -0.4 is 0 Å². The molecule has 1 aromatic carbocycles. The van der Waals surface area contributed by atoms with Gasteiger partial charge in [0.15, 0.2) is 0 Å². The second-order valence-electron chi connectivity index (χ2n) is 4.54. The number of hydrogen-bond donors (Lipinski definition) is 0. The zero-order chi connectivity index (χ0) is 16.4. The van der Waals surface area contributed by atoms with Gasteiger partial charge in [-0.25, -0.2) is 8.42 Å². The van der Waals surface area contributed by atoms with Gasteiger partial charge in [-0.05, 0) is 19.4 Å². The molecule has 1 rings (SSSR count). The lowest BCUT2D eigenvalue weighted by molar-refractivity contribution is -0.385. The molecule has 0 spiro atoms. The fourth-order valence-corrected chi connectivity index (χ4v) is 3.12. The fourth-order valence-electron chi connectivity index (χ4n) is 1.90. The van der Waals surface area contributed by atoms with Crippen molar-refractivity contribution in [2.45, 2.75) is 25.2 Å². The third-order valence-corrected chi connectivity index (χ3v) is 4.39. The zero-order valence-electron chi connectivity index (χ0n) is 11.8. The molecule has 0 aliphatic rings. The van der Waals surface area contributed by atoms with Gasteiger partial charge in [0.1, 0.15) is 0 Å². The lowest BCUT2D eigenvalue weighted by Gasteiger charge is -2.16. The first-order valence-corrected chi connectivity index (χ1v) is 8.39. The molecule has 0 aromatic heterocycles. The highest BCUT2D eigenvalue weighted by atomic mass is 35.7. The molecular formula is C12H15ClN2O5S. The maximum absolute atomic E-state index is 12.2. The maximum Gasteiger partial charge on any atom is 0.274 e. The molecule has 0 radical (unpaired) electrons. The first kappa shape index (κ1) is 17.4. The van der Waals surface area contributed by atoms with E-state index in [1.54, 1.807) is 0 Å². The largest absolute Gasteiger partial charge is 0.342 e. The van der Waals surface area contributed by atoms with Gasteiger partial charge in [-0.15, -0.1) is 0 Å². The van der Waals surface area contributed by atoms with Crippen molar-refractivity contribution in [1.82, 2.24) is 4.90 Å². The predicted molar refractivity (Wildman–Crippen MR) is 78.1 cm³/mol. The van der Waals surface area contributed by atoms with Gasteiger partial charge in [-0.3, -0.25) is 14.9 Å². The third kappa shape index (κ3) is 3.92. The van der Waals surface area contributed by atoms with Crippen LogP contribution >= 0.6 is 10.7 Å². The average Bonchev–Trinajstić information content (AvgIpc) is 2.36. The van der Waals surface area contributed by atoms with Gasteiger partial charge in [0, 0.05) is 41.5 Å². The molecule has 0 aliphatic carbocycles. The molecule has 1 amide bonds. The van der Waals surface area contributed by atoms with Gasteiger partial charge in [0.25, 0.3) is 20.6 Å². The molecule has 0 saturated carbocycles. The van der Waals surface area contributed by atoms with Crippen LogP contribution in [0.1, 0.15) is 29.3 Å². The van der Waals surface area contributed by atoms with E-state index in [2.05, 4.69) is 0 Å². The van der Waals surface area contributed by atoms with Crippen LogP contribution in [0, 0.1) is 17.0 Å². The highest BCUT2D eigenvalue weighted by Crippen LogP contribution is 2.29. The first-order chi connectivity index (χ1) is 9.59. The average molecular weight is 335 g/mol. The summed E-state index contributed by atoms with van der Waals surface area (Å²) in [6.07, 6.45) is 0.705. The second kappa shape index (κ2) is 6.40. The Kier molecular flexibility index (Phi) is 5.30. The highest BCUT2D eigenvalue weighted by Gasteiger charge is 2.26. The van der Waals surface area contributed by atoms with Crippen molar-refractivity contribution >= 4 is 31.3 Å². The molecule has 21 heavy (non-hydrogen) atoms. The minimum absolute atomic E-state index is 0.0810. The van der Waals surface area contributed by atoms with Crippen molar-refractivity contribution in [3.63, 3.8) is 0 Å². The molecule has 7 nitrogen and oxygen atoms in total. The number of carbonyl (C=O) groups excluding carboxylic acids is 1. The van der Waals surface area contributed by atoms with E-state index in [4.69, 9.17) is 10.7 Å². The molecule has 0 heterocycles. The minimum Gasteiger partial charge on any atom is -0.342 e. The number of benzene rings is 1. The number of nitrogens with zero attached hydrogens (tertiary/aromatic N) is 2. The Hall–Kier alpha value is -1.67. The van der Waals surface area contributed by atoms with Crippen molar-refractivity contribution < 1.29 is 18.1 Å². The number of nitro groups is 1. The molecule has 0 bridgehead atoms. The van der Waals surface area contributed by atoms with Gasteiger partial charge in [-0.2, -0.15) is 0 Å². The van der Waals surface area contributed by atoms with Crippen LogP contribution in [0.4, 0.5) is 5.69 Å². The van der Waals surface area contributed by atoms with Gasteiger partial charge in [0.2, 0.25) is 0 Å². The number of hydrogen-bond acceptors (Lipinski definition) is 5. The molecule has 116 valence electrons. The van der Waals surface area contributed by atoms with Crippen LogP contribution in [0.15, 0.2) is 17.0 Å². The Morgan fingerprint density at radius 1 is 1.43 bits per heavy atom. The van der Waals surface area contributed by atoms with Crippen LogP contribution in [0.3, 0.4) is 0 Å². The van der Waals surface area contributed by atoms with Gasteiger partial charge >= 0.3 is 0 Å². The SMILES string of the molecule is CCCN(C)C(=O)c1cc([N+](=O)[O-])c(C)c(S(=O)(=O)Cl)c1. The molecule has 0 fully saturated rings. The monoisotopic (exact) mass is 334 g/mol. The summed E-state index contributed by atoms with van der Waals surface area (Å²) in [5.41, 5.74) is -0.628. The summed E-state index contributed by atoms with van der Waals surface area (Å²) < 4.78 is 23.0. The lowest BCUT2D eigenvalue weighted by atomic mass is 10.1. The Balaban J connectivity index is 3.52. The van der Waals surface area contributed by atoms with Crippen molar-refractivity contribution in [2.24, 2.45) is 0 Å². The summed E-state index contributed by atoms with van der Waals surface area (Å²) in [4.78, 5) is 23.4. The smallest absolute Gasteiger partial charge is 0.274 e. The maximum atomic E-state index is 12.2. The minimum atomic E-state index is -4.19. The molecule has 9 heteroatoms. The van der Waals surface area contributed by atoms with Crippen LogP contribution in [0.5, 0.6) is 0 Å². The Labute approximate surface area is 127 Å². The van der Waals surface area contributed by atoms with Crippen LogP contribution in [0.25, 0.3) is 0 Å². The topological polar surface area (TPSA) is 97.6 Å². The number of carbonyl (C=O) groups is 1.